The lowest BCUT2D eigenvalue weighted by atomic mass is 9.96. The summed E-state index contributed by atoms with van der Waals surface area (Å²) in [7, 11) is 0. The van der Waals surface area contributed by atoms with Gasteiger partial charge in [-0.15, -0.1) is 10.2 Å². The van der Waals surface area contributed by atoms with E-state index in [4.69, 9.17) is 0 Å². The molecular weight excluding hydrogens is 264 g/mol. The molecule has 0 saturated carbocycles. The van der Waals surface area contributed by atoms with E-state index in [1.165, 1.54) is 19.3 Å². The first-order chi connectivity index (χ1) is 10.2. The van der Waals surface area contributed by atoms with E-state index in [1.54, 1.807) is 0 Å². The molecule has 3 heterocycles. The Morgan fingerprint density at radius 3 is 2.81 bits per heavy atom. The van der Waals surface area contributed by atoms with E-state index in [-0.39, 0.29) is 11.8 Å². The maximum atomic E-state index is 12.2. The lowest BCUT2D eigenvalue weighted by molar-refractivity contribution is -0.135. The van der Waals surface area contributed by atoms with E-state index in [1.807, 2.05) is 18.7 Å². The zero-order valence-corrected chi connectivity index (χ0v) is 13.2. The lowest BCUT2D eigenvalue weighted by Gasteiger charge is -2.33. The van der Waals surface area contributed by atoms with E-state index < -0.39 is 0 Å². The van der Waals surface area contributed by atoms with Crippen LogP contribution in [0.15, 0.2) is 0 Å². The maximum absolute atomic E-state index is 12.2. The smallest absolute Gasteiger partial charge is 0.225 e. The van der Waals surface area contributed by atoms with Crippen LogP contribution in [0.4, 0.5) is 0 Å². The number of hydrogen-bond donors (Lipinski definition) is 0. The number of carbonyl (C=O) groups excluding carboxylic acids is 1. The molecule has 0 aromatic carbocycles. The van der Waals surface area contributed by atoms with Gasteiger partial charge in [-0.3, -0.25) is 4.79 Å². The van der Waals surface area contributed by atoms with Crippen molar-refractivity contribution in [2.24, 2.45) is 5.92 Å². The number of likely N-dealkylation sites (tertiary alicyclic amines) is 1. The first-order valence-corrected chi connectivity index (χ1v) is 8.37. The van der Waals surface area contributed by atoms with E-state index in [0.717, 1.165) is 50.5 Å². The van der Waals surface area contributed by atoms with Crippen molar-refractivity contribution in [1.29, 1.82) is 0 Å². The molecule has 3 rings (SSSR count). The van der Waals surface area contributed by atoms with Crippen molar-refractivity contribution in [3.63, 3.8) is 0 Å². The number of aromatic nitrogens is 3. The van der Waals surface area contributed by atoms with Crippen molar-refractivity contribution in [2.45, 2.75) is 64.8 Å². The Bertz CT molecular complexity index is 508. The van der Waals surface area contributed by atoms with Crippen LogP contribution in [0.3, 0.4) is 0 Å². The third-order valence-electron chi connectivity index (χ3n) is 4.73. The Morgan fingerprint density at radius 1 is 1.14 bits per heavy atom. The van der Waals surface area contributed by atoms with Crippen molar-refractivity contribution < 1.29 is 4.79 Å². The lowest BCUT2D eigenvalue weighted by Crippen LogP contribution is -2.41. The molecule has 1 fully saturated rings. The highest BCUT2D eigenvalue weighted by molar-refractivity contribution is 5.78. The molecule has 1 saturated heterocycles. The molecule has 2 aliphatic rings. The molecule has 1 atom stereocenters. The van der Waals surface area contributed by atoms with Gasteiger partial charge in [0, 0.05) is 37.9 Å². The minimum Gasteiger partial charge on any atom is -0.342 e. The number of carbonyl (C=O) groups is 1. The highest BCUT2D eigenvalue weighted by Crippen LogP contribution is 2.28. The van der Waals surface area contributed by atoms with E-state index >= 15 is 0 Å². The summed E-state index contributed by atoms with van der Waals surface area (Å²) in [5, 5.41) is 8.88. The molecule has 0 aliphatic carbocycles. The van der Waals surface area contributed by atoms with Crippen LogP contribution < -0.4 is 0 Å². The summed E-state index contributed by atoms with van der Waals surface area (Å²) >= 11 is 0. The van der Waals surface area contributed by atoms with E-state index in [2.05, 4.69) is 14.8 Å². The Hall–Kier alpha value is -1.39. The fraction of sp³-hybridized carbons (Fsp3) is 0.812. The highest BCUT2D eigenvalue weighted by atomic mass is 16.2. The van der Waals surface area contributed by atoms with Crippen LogP contribution in [0.1, 0.15) is 63.5 Å². The fourth-order valence-electron chi connectivity index (χ4n) is 3.56. The van der Waals surface area contributed by atoms with Gasteiger partial charge in [0.2, 0.25) is 5.91 Å². The van der Waals surface area contributed by atoms with Crippen LogP contribution in [0.5, 0.6) is 0 Å². The minimum absolute atomic E-state index is 0.0827. The molecule has 116 valence electrons. The van der Waals surface area contributed by atoms with Crippen LogP contribution in [0.2, 0.25) is 0 Å². The van der Waals surface area contributed by atoms with Crippen LogP contribution in [0, 0.1) is 5.92 Å². The molecule has 1 aromatic rings. The van der Waals surface area contributed by atoms with Crippen molar-refractivity contribution in [3.05, 3.63) is 11.6 Å². The second-order valence-corrected chi connectivity index (χ2v) is 6.71. The van der Waals surface area contributed by atoms with Gasteiger partial charge >= 0.3 is 0 Å². The number of piperidine rings is 1. The normalized spacial score (nSPS) is 23.0. The third-order valence-corrected chi connectivity index (χ3v) is 4.73. The molecule has 5 nitrogen and oxygen atoms in total. The molecular formula is C16H26N4O. The largest absolute Gasteiger partial charge is 0.342 e. The predicted octanol–water partition coefficient (Wildman–Crippen LogP) is 2.37. The molecule has 1 amide bonds. The second-order valence-electron chi connectivity index (χ2n) is 6.71. The summed E-state index contributed by atoms with van der Waals surface area (Å²) in [4.78, 5) is 14.3. The van der Waals surface area contributed by atoms with Crippen molar-refractivity contribution >= 4 is 5.91 Å². The third kappa shape index (κ3) is 2.97. The van der Waals surface area contributed by atoms with Gasteiger partial charge in [0.15, 0.2) is 0 Å². The molecule has 1 aromatic heterocycles. The Balaban J connectivity index is 1.77. The number of aryl methyl sites for hydroxylation is 1. The van der Waals surface area contributed by atoms with Gasteiger partial charge < -0.3 is 9.47 Å². The van der Waals surface area contributed by atoms with Crippen LogP contribution in [-0.2, 0) is 17.8 Å². The number of hydrogen-bond acceptors (Lipinski definition) is 3. The molecule has 0 N–H and O–H groups in total. The Morgan fingerprint density at radius 2 is 2.00 bits per heavy atom. The summed E-state index contributed by atoms with van der Waals surface area (Å²) in [6.07, 6.45) is 6.98. The summed E-state index contributed by atoms with van der Waals surface area (Å²) in [5.41, 5.74) is 0. The SMILES string of the molecule is CC(C)C(=O)N1CCCC(c2nnc3n2CCCCC3)C1. The average Bonchev–Trinajstić information content (AvgIpc) is 2.75. The van der Waals surface area contributed by atoms with Gasteiger partial charge in [0.05, 0.1) is 0 Å². The molecule has 0 radical (unpaired) electrons. The van der Waals surface area contributed by atoms with Gasteiger partial charge in [-0.1, -0.05) is 20.3 Å². The first kappa shape index (κ1) is 14.5. The summed E-state index contributed by atoms with van der Waals surface area (Å²) in [6.45, 7) is 6.72. The molecule has 1 unspecified atom stereocenters. The van der Waals surface area contributed by atoms with E-state index in [0.29, 0.717) is 5.92 Å². The standard InChI is InChI=1S/C16H26N4O/c1-12(2)16(21)19-9-6-7-13(11-19)15-18-17-14-8-4-3-5-10-20(14)15/h12-13H,3-11H2,1-2H3. The number of rotatable bonds is 2. The second kappa shape index (κ2) is 6.16. The van der Waals surface area contributed by atoms with Crippen molar-refractivity contribution in [2.75, 3.05) is 13.1 Å². The zero-order valence-electron chi connectivity index (χ0n) is 13.2. The summed E-state index contributed by atoms with van der Waals surface area (Å²) in [6, 6.07) is 0. The molecule has 2 aliphatic heterocycles. The Labute approximate surface area is 126 Å². The van der Waals surface area contributed by atoms with Crippen LogP contribution >= 0.6 is 0 Å². The highest BCUT2D eigenvalue weighted by Gasteiger charge is 2.30. The van der Waals surface area contributed by atoms with Crippen molar-refractivity contribution in [3.8, 4) is 0 Å². The molecule has 0 spiro atoms. The minimum atomic E-state index is 0.0827. The fourth-order valence-corrected chi connectivity index (χ4v) is 3.56. The number of amides is 1. The maximum Gasteiger partial charge on any atom is 0.225 e. The monoisotopic (exact) mass is 290 g/mol. The topological polar surface area (TPSA) is 51.0 Å². The number of nitrogens with zero attached hydrogens (tertiary/aromatic N) is 4. The van der Waals surface area contributed by atoms with Gasteiger partial charge in [-0.25, -0.2) is 0 Å². The van der Waals surface area contributed by atoms with Gasteiger partial charge in [0.1, 0.15) is 11.6 Å². The Kier molecular flexibility index (Phi) is 4.27. The van der Waals surface area contributed by atoms with Crippen LogP contribution in [0.25, 0.3) is 0 Å². The van der Waals surface area contributed by atoms with Gasteiger partial charge in [-0.05, 0) is 25.7 Å². The summed E-state index contributed by atoms with van der Waals surface area (Å²) < 4.78 is 2.33. The molecule has 0 bridgehead atoms. The van der Waals surface area contributed by atoms with Crippen molar-refractivity contribution in [1.82, 2.24) is 19.7 Å². The van der Waals surface area contributed by atoms with E-state index in [9.17, 15) is 4.79 Å². The summed E-state index contributed by atoms with van der Waals surface area (Å²) in [5.74, 6) is 2.98. The van der Waals surface area contributed by atoms with Crippen LogP contribution in [-0.4, -0.2) is 38.7 Å². The zero-order chi connectivity index (χ0) is 14.8. The molecule has 5 heteroatoms. The average molecular weight is 290 g/mol. The first-order valence-electron chi connectivity index (χ1n) is 8.37. The van der Waals surface area contributed by atoms with Gasteiger partial charge in [0.25, 0.3) is 0 Å². The predicted molar refractivity (Wildman–Crippen MR) is 81.0 cm³/mol. The van der Waals surface area contributed by atoms with Gasteiger partial charge in [-0.2, -0.15) is 0 Å². The quantitative estimate of drug-likeness (QED) is 0.840. The molecule has 21 heavy (non-hydrogen) atoms. The number of fused-ring (bicyclic) bond motifs is 1.